The predicted octanol–water partition coefficient (Wildman–Crippen LogP) is 5.64. The van der Waals surface area contributed by atoms with Gasteiger partial charge >= 0.3 is 17.8 Å². The van der Waals surface area contributed by atoms with E-state index in [0.29, 0.717) is 23.9 Å². The second kappa shape index (κ2) is 10.8. The Bertz CT molecular complexity index is 1240. The van der Waals surface area contributed by atoms with Gasteiger partial charge in [-0.15, -0.1) is 0 Å². The zero-order valence-electron chi connectivity index (χ0n) is 18.9. The molecule has 0 bridgehead atoms. The van der Waals surface area contributed by atoms with Crippen LogP contribution in [0.2, 0.25) is 0 Å². The number of thioether (sulfide) groups is 1. The smallest absolute Gasteiger partial charge is 0.416 e. The van der Waals surface area contributed by atoms with E-state index in [0.717, 1.165) is 11.0 Å². The number of hydrogen-bond acceptors (Lipinski definition) is 8. The largest absolute Gasteiger partial charge is 0.464 e. The van der Waals surface area contributed by atoms with Crippen molar-refractivity contribution < 1.29 is 42.0 Å². The number of para-hydroxylation sites is 1. The van der Waals surface area contributed by atoms with Gasteiger partial charge in [0.2, 0.25) is 5.75 Å². The molecular formula is C23H19F3N2O7S. The van der Waals surface area contributed by atoms with E-state index in [9.17, 15) is 37.7 Å². The molecule has 1 aliphatic rings. The summed E-state index contributed by atoms with van der Waals surface area (Å²) in [6.07, 6.45) is -3.50. The number of carbonyl (C=O) groups is 3. The molecule has 3 rings (SSSR count). The maximum absolute atomic E-state index is 13.0. The highest BCUT2D eigenvalue weighted by Gasteiger charge is 2.37. The standard InChI is InChI=1S/C23H19F3N2O7S/c1-13(2)12-34-20(29)11-27-21(30)19(36-22(27)31)9-14-5-3-4-6-17(14)35-18-8-7-15(23(24,25)26)10-16(18)28(32)33/h3-10,13H,11-12H2,1-2H3/b19-9+. The minimum absolute atomic E-state index is 0.0106. The fourth-order valence-corrected chi connectivity index (χ4v) is 3.77. The summed E-state index contributed by atoms with van der Waals surface area (Å²) in [6.45, 7) is 3.22. The third-order valence-corrected chi connectivity index (χ3v) is 5.55. The Balaban J connectivity index is 1.86. The maximum atomic E-state index is 13.0. The summed E-state index contributed by atoms with van der Waals surface area (Å²) in [4.78, 5) is 48.0. The summed E-state index contributed by atoms with van der Waals surface area (Å²) in [5, 5.41) is 10.7. The molecule has 1 aliphatic heterocycles. The number of nitro groups is 1. The third kappa shape index (κ3) is 6.42. The summed E-state index contributed by atoms with van der Waals surface area (Å²) in [5.74, 6) is -1.88. The first-order valence-corrected chi connectivity index (χ1v) is 11.2. The average molecular weight is 524 g/mol. The van der Waals surface area contributed by atoms with Crippen molar-refractivity contribution in [1.82, 2.24) is 4.90 Å². The minimum Gasteiger partial charge on any atom is -0.464 e. The predicted molar refractivity (Wildman–Crippen MR) is 123 cm³/mol. The van der Waals surface area contributed by atoms with Crippen LogP contribution in [-0.2, 0) is 20.5 Å². The van der Waals surface area contributed by atoms with Crippen LogP contribution in [0, 0.1) is 16.0 Å². The zero-order chi connectivity index (χ0) is 26.6. The van der Waals surface area contributed by atoms with Crippen LogP contribution in [0.1, 0.15) is 25.0 Å². The van der Waals surface area contributed by atoms with Gasteiger partial charge in [-0.25, -0.2) is 0 Å². The van der Waals surface area contributed by atoms with E-state index in [1.165, 1.54) is 24.3 Å². The average Bonchev–Trinajstić information content (AvgIpc) is 3.05. The van der Waals surface area contributed by atoms with Crippen molar-refractivity contribution in [3.05, 3.63) is 68.6 Å². The van der Waals surface area contributed by atoms with Gasteiger partial charge in [0.25, 0.3) is 11.1 Å². The lowest BCUT2D eigenvalue weighted by atomic mass is 10.1. The molecule has 1 heterocycles. The third-order valence-electron chi connectivity index (χ3n) is 4.65. The van der Waals surface area contributed by atoms with E-state index in [1.807, 2.05) is 13.8 Å². The van der Waals surface area contributed by atoms with Gasteiger partial charge < -0.3 is 9.47 Å². The molecule has 190 valence electrons. The molecule has 13 heteroatoms. The Labute approximate surface area is 207 Å². The molecule has 2 amide bonds. The van der Waals surface area contributed by atoms with Gasteiger partial charge in [-0.05, 0) is 42.0 Å². The van der Waals surface area contributed by atoms with Crippen LogP contribution in [-0.4, -0.2) is 40.1 Å². The Hall–Kier alpha value is -3.87. The highest BCUT2D eigenvalue weighted by Crippen LogP contribution is 2.40. The maximum Gasteiger partial charge on any atom is 0.416 e. The number of imide groups is 1. The summed E-state index contributed by atoms with van der Waals surface area (Å²) in [7, 11) is 0. The van der Waals surface area contributed by atoms with Crippen molar-refractivity contribution in [3.8, 4) is 11.5 Å². The molecule has 2 aromatic rings. The number of alkyl halides is 3. The topological polar surface area (TPSA) is 116 Å². The highest BCUT2D eigenvalue weighted by molar-refractivity contribution is 8.18. The number of rotatable bonds is 8. The molecule has 0 N–H and O–H groups in total. The van der Waals surface area contributed by atoms with E-state index < -0.39 is 51.8 Å². The number of esters is 1. The molecule has 0 spiro atoms. The molecule has 9 nitrogen and oxygen atoms in total. The van der Waals surface area contributed by atoms with E-state index in [-0.39, 0.29) is 28.7 Å². The number of halogens is 3. The Kier molecular flexibility index (Phi) is 8.03. The quantitative estimate of drug-likeness (QED) is 0.189. The van der Waals surface area contributed by atoms with Crippen molar-refractivity contribution in [1.29, 1.82) is 0 Å². The van der Waals surface area contributed by atoms with Crippen molar-refractivity contribution in [3.63, 3.8) is 0 Å². The summed E-state index contributed by atoms with van der Waals surface area (Å²) < 4.78 is 49.5. The van der Waals surface area contributed by atoms with Crippen LogP contribution < -0.4 is 4.74 Å². The van der Waals surface area contributed by atoms with Crippen LogP contribution in [0.25, 0.3) is 6.08 Å². The lowest BCUT2D eigenvalue weighted by molar-refractivity contribution is -0.385. The first-order chi connectivity index (χ1) is 16.9. The van der Waals surface area contributed by atoms with Crippen LogP contribution in [0.4, 0.5) is 23.7 Å². The van der Waals surface area contributed by atoms with Gasteiger partial charge in [-0.2, -0.15) is 13.2 Å². The number of nitro benzene ring substituents is 1. The van der Waals surface area contributed by atoms with E-state index in [2.05, 4.69) is 0 Å². The first kappa shape index (κ1) is 26.7. The lowest BCUT2D eigenvalue weighted by Gasteiger charge is -2.13. The van der Waals surface area contributed by atoms with Gasteiger partial charge in [-0.3, -0.25) is 29.4 Å². The molecule has 1 saturated heterocycles. The fraction of sp³-hybridized carbons (Fsp3) is 0.261. The number of amides is 2. The number of nitrogens with zero attached hydrogens (tertiary/aromatic N) is 2. The van der Waals surface area contributed by atoms with Gasteiger partial charge in [0.1, 0.15) is 12.3 Å². The van der Waals surface area contributed by atoms with Crippen LogP contribution in [0.5, 0.6) is 11.5 Å². The summed E-state index contributed by atoms with van der Waals surface area (Å²) >= 11 is 0.573. The number of ether oxygens (including phenoxy) is 2. The second-order valence-electron chi connectivity index (χ2n) is 7.92. The van der Waals surface area contributed by atoms with Crippen molar-refractivity contribution in [2.24, 2.45) is 5.92 Å². The van der Waals surface area contributed by atoms with Crippen LogP contribution in [0.15, 0.2) is 47.4 Å². The van der Waals surface area contributed by atoms with Crippen LogP contribution >= 0.6 is 11.8 Å². The fourth-order valence-electron chi connectivity index (χ4n) is 2.95. The summed E-state index contributed by atoms with van der Waals surface area (Å²) in [6, 6.07) is 7.79. The van der Waals surface area contributed by atoms with Gasteiger partial charge in [0.05, 0.1) is 22.0 Å². The van der Waals surface area contributed by atoms with Gasteiger partial charge in [0, 0.05) is 11.6 Å². The molecule has 1 fully saturated rings. The highest BCUT2D eigenvalue weighted by atomic mass is 32.2. The number of hydrogen-bond donors (Lipinski definition) is 0. The monoisotopic (exact) mass is 524 g/mol. The second-order valence-corrected chi connectivity index (χ2v) is 8.92. The van der Waals surface area contributed by atoms with E-state index in [1.54, 1.807) is 6.07 Å². The molecule has 0 saturated carbocycles. The molecule has 36 heavy (non-hydrogen) atoms. The van der Waals surface area contributed by atoms with Crippen LogP contribution in [0.3, 0.4) is 0 Å². The molecule has 0 atom stereocenters. The minimum atomic E-state index is -4.79. The number of benzene rings is 2. The Morgan fingerprint density at radius 3 is 2.50 bits per heavy atom. The molecule has 0 unspecified atom stereocenters. The molecule has 0 aromatic heterocycles. The molecular weight excluding hydrogens is 505 g/mol. The first-order valence-electron chi connectivity index (χ1n) is 10.4. The van der Waals surface area contributed by atoms with Crippen molar-refractivity contribution in [2.45, 2.75) is 20.0 Å². The SMILES string of the molecule is CC(C)COC(=O)CN1C(=O)S/C(=C/c2ccccc2Oc2ccc(C(F)(F)F)cc2[N+](=O)[O-])C1=O. The normalized spacial score (nSPS) is 15.1. The van der Waals surface area contributed by atoms with Crippen molar-refractivity contribution in [2.75, 3.05) is 13.2 Å². The summed E-state index contributed by atoms with van der Waals surface area (Å²) in [5.41, 5.74) is -1.89. The van der Waals surface area contributed by atoms with Gasteiger partial charge in [0.15, 0.2) is 0 Å². The van der Waals surface area contributed by atoms with E-state index in [4.69, 9.17) is 9.47 Å². The van der Waals surface area contributed by atoms with Gasteiger partial charge in [-0.1, -0.05) is 32.0 Å². The molecule has 0 aliphatic carbocycles. The van der Waals surface area contributed by atoms with Crippen molar-refractivity contribution >= 4 is 40.6 Å². The zero-order valence-corrected chi connectivity index (χ0v) is 19.7. The molecule has 2 aromatic carbocycles. The lowest BCUT2D eigenvalue weighted by Crippen LogP contribution is -2.34. The number of carbonyl (C=O) groups excluding carboxylic acids is 3. The van der Waals surface area contributed by atoms with E-state index >= 15 is 0 Å². The Morgan fingerprint density at radius 1 is 1.17 bits per heavy atom. The Morgan fingerprint density at radius 2 is 1.86 bits per heavy atom. The molecule has 0 radical (unpaired) electrons.